The molecule has 1 unspecified atom stereocenters. The van der Waals surface area contributed by atoms with E-state index in [0.29, 0.717) is 17.3 Å². The lowest BCUT2D eigenvalue weighted by atomic mass is 10.0. The van der Waals surface area contributed by atoms with Gasteiger partial charge < -0.3 is 10.6 Å². The molecule has 0 bridgehead atoms. The topological polar surface area (TPSA) is 59.2 Å². The molecule has 3 rings (SSSR count). The highest BCUT2D eigenvalue weighted by Crippen LogP contribution is 2.32. The fourth-order valence-electron chi connectivity index (χ4n) is 3.03. The summed E-state index contributed by atoms with van der Waals surface area (Å²) in [4.78, 5) is 19.3. The second-order valence-electron chi connectivity index (χ2n) is 5.75. The molecule has 122 valence electrons. The molecule has 1 atom stereocenters. The molecule has 1 amide bonds. The van der Waals surface area contributed by atoms with Crippen molar-refractivity contribution in [2.45, 2.75) is 38.3 Å². The van der Waals surface area contributed by atoms with Crippen molar-refractivity contribution in [3.05, 3.63) is 50.9 Å². The summed E-state index contributed by atoms with van der Waals surface area (Å²) < 4.78 is 0. The van der Waals surface area contributed by atoms with Gasteiger partial charge in [0.25, 0.3) is 5.91 Å². The normalized spacial score (nSPS) is 18.7. The van der Waals surface area contributed by atoms with Gasteiger partial charge in [0.15, 0.2) is 0 Å². The summed E-state index contributed by atoms with van der Waals surface area (Å²) in [6.07, 6.45) is 4.28. The number of nitrogens with zero attached hydrogens (tertiary/aromatic N) is 2. The molecule has 1 aromatic carbocycles. The van der Waals surface area contributed by atoms with Gasteiger partial charge in [0.1, 0.15) is 10.7 Å². The second-order valence-corrected chi connectivity index (χ2v) is 7.12. The van der Waals surface area contributed by atoms with E-state index in [9.17, 15) is 4.79 Å². The highest BCUT2D eigenvalue weighted by atomic mass is 35.5. The summed E-state index contributed by atoms with van der Waals surface area (Å²) >= 11 is 7.44. The SMILES string of the molecule is NCc1nc(C(=O)N2CCCCCC2c2ccc(Cl)cc2)cs1. The average Bonchev–Trinajstić information content (AvgIpc) is 2.92. The Hall–Kier alpha value is -1.43. The van der Waals surface area contributed by atoms with Crippen molar-refractivity contribution in [1.29, 1.82) is 0 Å². The molecule has 1 aromatic heterocycles. The molecule has 23 heavy (non-hydrogen) atoms. The largest absolute Gasteiger partial charge is 0.330 e. The van der Waals surface area contributed by atoms with Gasteiger partial charge in [-0.05, 0) is 30.5 Å². The molecule has 2 aromatic rings. The van der Waals surface area contributed by atoms with E-state index in [1.54, 1.807) is 0 Å². The van der Waals surface area contributed by atoms with Crippen LogP contribution in [0.5, 0.6) is 0 Å². The van der Waals surface area contributed by atoms with Crippen LogP contribution < -0.4 is 5.73 Å². The first kappa shape index (κ1) is 16.4. The molecule has 0 aliphatic carbocycles. The van der Waals surface area contributed by atoms with E-state index in [2.05, 4.69) is 4.98 Å². The van der Waals surface area contributed by atoms with Crippen molar-refractivity contribution in [3.63, 3.8) is 0 Å². The number of nitrogens with two attached hydrogens (primary N) is 1. The Balaban J connectivity index is 1.88. The zero-order valence-electron chi connectivity index (χ0n) is 12.9. The quantitative estimate of drug-likeness (QED) is 0.910. The van der Waals surface area contributed by atoms with Gasteiger partial charge in [-0.3, -0.25) is 4.79 Å². The van der Waals surface area contributed by atoms with Crippen LogP contribution in [0.1, 0.15) is 52.8 Å². The number of benzene rings is 1. The van der Waals surface area contributed by atoms with Crippen molar-refractivity contribution in [2.24, 2.45) is 5.73 Å². The fraction of sp³-hybridized carbons (Fsp3) is 0.412. The first-order valence-electron chi connectivity index (χ1n) is 7.90. The van der Waals surface area contributed by atoms with Gasteiger partial charge in [-0.1, -0.05) is 36.6 Å². The third kappa shape index (κ3) is 3.74. The summed E-state index contributed by atoms with van der Waals surface area (Å²) in [5.41, 5.74) is 7.26. The lowest BCUT2D eigenvalue weighted by Gasteiger charge is -2.30. The lowest BCUT2D eigenvalue weighted by molar-refractivity contribution is 0.0675. The molecule has 6 heteroatoms. The van der Waals surface area contributed by atoms with E-state index in [4.69, 9.17) is 17.3 Å². The van der Waals surface area contributed by atoms with Crippen LogP contribution in [0.4, 0.5) is 0 Å². The van der Waals surface area contributed by atoms with Crippen molar-refractivity contribution < 1.29 is 4.79 Å². The van der Waals surface area contributed by atoms with Crippen molar-refractivity contribution >= 4 is 28.8 Å². The maximum absolute atomic E-state index is 12.9. The number of amides is 1. The number of aromatic nitrogens is 1. The van der Waals surface area contributed by atoms with Gasteiger partial charge in [-0.25, -0.2) is 4.98 Å². The molecular formula is C17H20ClN3OS. The van der Waals surface area contributed by atoms with E-state index in [-0.39, 0.29) is 11.9 Å². The number of carbonyl (C=O) groups is 1. The number of halogens is 1. The third-order valence-electron chi connectivity index (χ3n) is 4.21. The summed E-state index contributed by atoms with van der Waals surface area (Å²) in [5, 5.41) is 3.33. The Bertz CT molecular complexity index is 671. The monoisotopic (exact) mass is 349 g/mol. The van der Waals surface area contributed by atoms with Crippen LogP contribution in [0.25, 0.3) is 0 Å². The third-order valence-corrected chi connectivity index (χ3v) is 5.34. The van der Waals surface area contributed by atoms with Crippen LogP contribution in [0.2, 0.25) is 5.02 Å². The number of hydrogen-bond donors (Lipinski definition) is 1. The van der Waals surface area contributed by atoms with Crippen LogP contribution in [0, 0.1) is 0 Å². The number of thiazole rings is 1. The van der Waals surface area contributed by atoms with Crippen LogP contribution in [0.15, 0.2) is 29.6 Å². The highest BCUT2D eigenvalue weighted by Gasteiger charge is 2.28. The molecule has 1 aliphatic rings. The minimum Gasteiger partial charge on any atom is -0.330 e. The molecule has 4 nitrogen and oxygen atoms in total. The number of carbonyl (C=O) groups excluding carboxylic acids is 1. The molecule has 0 spiro atoms. The highest BCUT2D eigenvalue weighted by molar-refractivity contribution is 7.09. The summed E-state index contributed by atoms with van der Waals surface area (Å²) in [6, 6.07) is 7.90. The molecular weight excluding hydrogens is 330 g/mol. The first-order valence-corrected chi connectivity index (χ1v) is 9.15. The van der Waals surface area contributed by atoms with Gasteiger partial charge in [0, 0.05) is 23.5 Å². The van der Waals surface area contributed by atoms with Crippen LogP contribution in [0.3, 0.4) is 0 Å². The second kappa shape index (κ2) is 7.43. The molecule has 1 saturated heterocycles. The molecule has 1 fully saturated rings. The van der Waals surface area contributed by atoms with Gasteiger partial charge in [0.2, 0.25) is 0 Å². The van der Waals surface area contributed by atoms with Crippen molar-refractivity contribution in [3.8, 4) is 0 Å². The summed E-state index contributed by atoms with van der Waals surface area (Å²) in [7, 11) is 0. The number of likely N-dealkylation sites (tertiary alicyclic amines) is 1. The standard InChI is InChI=1S/C17H20ClN3OS/c18-13-7-5-12(6-8-13)15-4-2-1-3-9-21(15)17(22)14-11-23-16(10-19)20-14/h5-8,11,15H,1-4,9-10,19H2. The minimum atomic E-state index is 0.00259. The van der Waals surface area contributed by atoms with Gasteiger partial charge >= 0.3 is 0 Å². The fourth-order valence-corrected chi connectivity index (χ4v) is 3.81. The smallest absolute Gasteiger partial charge is 0.273 e. The maximum Gasteiger partial charge on any atom is 0.273 e. The first-order chi connectivity index (χ1) is 11.2. The molecule has 0 saturated carbocycles. The van der Waals surface area contributed by atoms with Gasteiger partial charge in [-0.2, -0.15) is 0 Å². The van der Waals surface area contributed by atoms with E-state index in [1.807, 2.05) is 34.5 Å². The van der Waals surface area contributed by atoms with E-state index in [0.717, 1.165) is 42.8 Å². The van der Waals surface area contributed by atoms with E-state index >= 15 is 0 Å². The Morgan fingerprint density at radius 3 is 2.78 bits per heavy atom. The van der Waals surface area contributed by atoms with E-state index < -0.39 is 0 Å². The van der Waals surface area contributed by atoms with Crippen LogP contribution >= 0.6 is 22.9 Å². The van der Waals surface area contributed by atoms with Crippen LogP contribution in [-0.2, 0) is 6.54 Å². The van der Waals surface area contributed by atoms with Crippen LogP contribution in [-0.4, -0.2) is 22.3 Å². The van der Waals surface area contributed by atoms with Gasteiger partial charge in [-0.15, -0.1) is 11.3 Å². The number of rotatable bonds is 3. The van der Waals surface area contributed by atoms with E-state index in [1.165, 1.54) is 11.3 Å². The molecule has 0 radical (unpaired) electrons. The molecule has 2 heterocycles. The zero-order valence-corrected chi connectivity index (χ0v) is 14.4. The number of hydrogen-bond acceptors (Lipinski definition) is 4. The minimum absolute atomic E-state index is 0.00259. The predicted molar refractivity (Wildman–Crippen MR) is 93.7 cm³/mol. The Labute approximate surface area is 145 Å². The summed E-state index contributed by atoms with van der Waals surface area (Å²) in [6.45, 7) is 1.14. The Kier molecular flexibility index (Phi) is 5.30. The zero-order chi connectivity index (χ0) is 16.2. The maximum atomic E-state index is 12.9. The summed E-state index contributed by atoms with van der Waals surface area (Å²) in [5.74, 6) is 0.00259. The molecule has 1 aliphatic heterocycles. The van der Waals surface area contributed by atoms with Gasteiger partial charge in [0.05, 0.1) is 6.04 Å². The average molecular weight is 350 g/mol. The predicted octanol–water partition coefficient (Wildman–Crippen LogP) is 4.01. The molecule has 2 N–H and O–H groups in total. The van der Waals surface area contributed by atoms with Crippen molar-refractivity contribution in [2.75, 3.05) is 6.54 Å². The Morgan fingerprint density at radius 1 is 1.30 bits per heavy atom. The Morgan fingerprint density at radius 2 is 2.09 bits per heavy atom. The van der Waals surface area contributed by atoms with Crippen molar-refractivity contribution in [1.82, 2.24) is 9.88 Å². The lowest BCUT2D eigenvalue weighted by Crippen LogP contribution is -2.35.